The zero-order valence-corrected chi connectivity index (χ0v) is 9.35. The molecule has 13 heavy (non-hydrogen) atoms. The number of halogens is 2. The van der Waals surface area contributed by atoms with E-state index < -0.39 is 0 Å². The van der Waals surface area contributed by atoms with E-state index in [1.807, 2.05) is 6.07 Å². The van der Waals surface area contributed by atoms with Crippen molar-refractivity contribution in [2.75, 3.05) is 7.05 Å². The van der Waals surface area contributed by atoms with Crippen LogP contribution in [-0.4, -0.2) is 12.9 Å². The van der Waals surface area contributed by atoms with Crippen LogP contribution in [0.5, 0.6) is 0 Å². The van der Waals surface area contributed by atoms with Crippen molar-refractivity contribution in [3.63, 3.8) is 0 Å². The number of nitrogens with zero attached hydrogens (tertiary/aromatic N) is 1. The van der Waals surface area contributed by atoms with Crippen LogP contribution in [0.15, 0.2) is 27.7 Å². The molecular weight excluding hydrogens is 253 g/mol. The van der Waals surface area contributed by atoms with Gasteiger partial charge in [-0.05, 0) is 18.2 Å². The molecule has 0 heterocycles. The number of hydrazine groups is 1. The zero-order valence-electron chi connectivity index (χ0n) is 7.01. The van der Waals surface area contributed by atoms with Crippen LogP contribution in [0.3, 0.4) is 0 Å². The van der Waals surface area contributed by atoms with Crippen molar-refractivity contribution >= 4 is 33.4 Å². The van der Waals surface area contributed by atoms with Crippen LogP contribution in [0.2, 0.25) is 5.02 Å². The van der Waals surface area contributed by atoms with Crippen LogP contribution >= 0.6 is 27.5 Å². The fourth-order valence-electron chi connectivity index (χ4n) is 0.942. The normalized spacial score (nSPS) is 11.5. The first kappa shape index (κ1) is 10.5. The Morgan fingerprint density at radius 2 is 2.31 bits per heavy atom. The molecule has 1 aromatic carbocycles. The maximum atomic E-state index is 5.83. The highest BCUT2D eigenvalue weighted by Crippen LogP contribution is 2.21. The van der Waals surface area contributed by atoms with E-state index in [1.165, 1.54) is 0 Å². The van der Waals surface area contributed by atoms with Gasteiger partial charge >= 0.3 is 0 Å². The number of hydrogen-bond acceptors (Lipinski definition) is 2. The molecule has 5 heteroatoms. The maximum absolute atomic E-state index is 5.83. The summed E-state index contributed by atoms with van der Waals surface area (Å²) in [7, 11) is 1.66. The molecule has 1 aromatic rings. The van der Waals surface area contributed by atoms with Crippen LogP contribution < -0.4 is 11.3 Å². The van der Waals surface area contributed by atoms with Crippen molar-refractivity contribution in [2.45, 2.75) is 0 Å². The van der Waals surface area contributed by atoms with Crippen molar-refractivity contribution in [2.24, 2.45) is 10.8 Å². The van der Waals surface area contributed by atoms with Crippen molar-refractivity contribution in [1.29, 1.82) is 0 Å². The summed E-state index contributed by atoms with van der Waals surface area (Å²) < 4.78 is 0.899. The minimum absolute atomic E-state index is 0.592. The first-order valence-corrected chi connectivity index (χ1v) is 4.75. The van der Waals surface area contributed by atoms with Gasteiger partial charge in [-0.2, -0.15) is 0 Å². The van der Waals surface area contributed by atoms with Crippen molar-refractivity contribution in [3.8, 4) is 0 Å². The van der Waals surface area contributed by atoms with Gasteiger partial charge in [-0.15, -0.1) is 0 Å². The third-order valence-electron chi connectivity index (χ3n) is 1.54. The average Bonchev–Trinajstić information content (AvgIpc) is 2.13. The maximum Gasteiger partial charge on any atom is 0.143 e. The molecule has 3 N–H and O–H groups in total. The molecule has 0 aliphatic carbocycles. The molecule has 0 saturated heterocycles. The van der Waals surface area contributed by atoms with Gasteiger partial charge in [0.2, 0.25) is 0 Å². The molecular formula is C8H9BrClN3. The predicted octanol–water partition coefficient (Wildman–Crippen LogP) is 1.94. The Kier molecular flexibility index (Phi) is 3.71. The van der Waals surface area contributed by atoms with E-state index in [1.54, 1.807) is 19.2 Å². The zero-order chi connectivity index (χ0) is 9.84. The standard InChI is InChI=1S/C8H9BrClN3/c1-12-8(13-11)6-4-5(10)2-3-7(6)9/h2-4H,11H2,1H3,(H,12,13). The average molecular weight is 263 g/mol. The fraction of sp³-hybridized carbons (Fsp3) is 0.125. The van der Waals surface area contributed by atoms with Gasteiger partial charge in [0.05, 0.1) is 0 Å². The Morgan fingerprint density at radius 1 is 1.62 bits per heavy atom. The number of rotatable bonds is 1. The van der Waals surface area contributed by atoms with E-state index in [4.69, 9.17) is 17.4 Å². The van der Waals surface area contributed by atoms with E-state index >= 15 is 0 Å². The Balaban J connectivity index is 3.19. The second-order valence-corrected chi connectivity index (χ2v) is 3.63. The molecule has 0 amide bonds. The Bertz CT molecular complexity index is 338. The quantitative estimate of drug-likeness (QED) is 0.352. The third-order valence-corrected chi connectivity index (χ3v) is 2.47. The van der Waals surface area contributed by atoms with Crippen molar-refractivity contribution in [1.82, 2.24) is 5.43 Å². The van der Waals surface area contributed by atoms with Crippen molar-refractivity contribution < 1.29 is 0 Å². The van der Waals surface area contributed by atoms with Gasteiger partial charge in [-0.3, -0.25) is 4.99 Å². The van der Waals surface area contributed by atoms with Crippen LogP contribution in [0.4, 0.5) is 0 Å². The van der Waals surface area contributed by atoms with Gasteiger partial charge < -0.3 is 5.43 Å². The van der Waals surface area contributed by atoms with Gasteiger partial charge in [0.1, 0.15) is 5.84 Å². The van der Waals surface area contributed by atoms with Crippen LogP contribution in [-0.2, 0) is 0 Å². The highest BCUT2D eigenvalue weighted by molar-refractivity contribution is 9.10. The fourth-order valence-corrected chi connectivity index (χ4v) is 1.55. The van der Waals surface area contributed by atoms with Crippen LogP contribution in [0, 0.1) is 0 Å². The first-order chi connectivity index (χ1) is 6.19. The first-order valence-electron chi connectivity index (χ1n) is 3.58. The van der Waals surface area contributed by atoms with E-state index in [9.17, 15) is 0 Å². The molecule has 0 radical (unpaired) electrons. The molecule has 0 unspecified atom stereocenters. The molecule has 0 bridgehead atoms. The summed E-state index contributed by atoms with van der Waals surface area (Å²) in [5, 5.41) is 0.648. The highest BCUT2D eigenvalue weighted by atomic mass is 79.9. The molecule has 0 spiro atoms. The molecule has 0 atom stereocenters. The summed E-state index contributed by atoms with van der Waals surface area (Å²) in [6, 6.07) is 5.42. The number of hydrogen-bond donors (Lipinski definition) is 2. The minimum Gasteiger partial charge on any atom is -0.308 e. The lowest BCUT2D eigenvalue weighted by molar-refractivity contribution is 1.02. The largest absolute Gasteiger partial charge is 0.308 e. The lowest BCUT2D eigenvalue weighted by atomic mass is 10.2. The van der Waals surface area contributed by atoms with E-state index in [-0.39, 0.29) is 0 Å². The molecule has 0 aliphatic heterocycles. The second kappa shape index (κ2) is 4.60. The third kappa shape index (κ3) is 2.43. The van der Waals surface area contributed by atoms with Gasteiger partial charge in [0.25, 0.3) is 0 Å². The lowest BCUT2D eigenvalue weighted by Crippen LogP contribution is -2.31. The Labute approximate surface area is 90.1 Å². The summed E-state index contributed by atoms with van der Waals surface area (Å²) >= 11 is 9.21. The van der Waals surface area contributed by atoms with Crippen LogP contribution in [0.1, 0.15) is 5.56 Å². The molecule has 0 aromatic heterocycles. The van der Waals surface area contributed by atoms with Gasteiger partial charge in [0.15, 0.2) is 0 Å². The summed E-state index contributed by atoms with van der Waals surface area (Å²) in [4.78, 5) is 3.97. The van der Waals surface area contributed by atoms with Crippen LogP contribution in [0.25, 0.3) is 0 Å². The second-order valence-electron chi connectivity index (χ2n) is 2.34. The number of amidine groups is 1. The monoisotopic (exact) mass is 261 g/mol. The summed E-state index contributed by atoms with van der Waals surface area (Å²) in [5.41, 5.74) is 3.34. The van der Waals surface area contributed by atoms with E-state index in [0.29, 0.717) is 10.9 Å². The SMILES string of the molecule is CN=C(NN)c1cc(Cl)ccc1Br. The molecule has 0 aliphatic rings. The molecule has 0 fully saturated rings. The minimum atomic E-state index is 0.592. The molecule has 3 nitrogen and oxygen atoms in total. The summed E-state index contributed by atoms with van der Waals surface area (Å²) in [5.74, 6) is 5.88. The number of benzene rings is 1. The van der Waals surface area contributed by atoms with Gasteiger partial charge in [-0.1, -0.05) is 27.5 Å². The molecule has 0 saturated carbocycles. The Hall–Kier alpha value is -0.580. The number of aliphatic imine (C=N–C) groups is 1. The molecule has 70 valence electrons. The highest BCUT2D eigenvalue weighted by Gasteiger charge is 2.05. The van der Waals surface area contributed by atoms with E-state index in [0.717, 1.165) is 10.0 Å². The summed E-state index contributed by atoms with van der Waals surface area (Å²) in [6.07, 6.45) is 0. The van der Waals surface area contributed by atoms with Gasteiger partial charge in [-0.25, -0.2) is 5.84 Å². The predicted molar refractivity (Wildman–Crippen MR) is 58.9 cm³/mol. The van der Waals surface area contributed by atoms with Gasteiger partial charge in [0, 0.05) is 22.1 Å². The van der Waals surface area contributed by atoms with Crippen molar-refractivity contribution in [3.05, 3.63) is 33.3 Å². The number of nitrogens with one attached hydrogen (secondary N) is 1. The smallest absolute Gasteiger partial charge is 0.143 e. The number of nitrogens with two attached hydrogens (primary N) is 1. The van der Waals surface area contributed by atoms with E-state index in [2.05, 4.69) is 26.3 Å². The lowest BCUT2D eigenvalue weighted by Gasteiger charge is -2.06. The topological polar surface area (TPSA) is 50.4 Å². The summed E-state index contributed by atoms with van der Waals surface area (Å²) in [6.45, 7) is 0. The Morgan fingerprint density at radius 3 is 2.85 bits per heavy atom. The molecule has 1 rings (SSSR count).